The van der Waals surface area contributed by atoms with Crippen LogP contribution in [0.2, 0.25) is 5.02 Å². The summed E-state index contributed by atoms with van der Waals surface area (Å²) in [7, 11) is 1.54. The van der Waals surface area contributed by atoms with Gasteiger partial charge in [0, 0.05) is 21.7 Å². The van der Waals surface area contributed by atoms with Crippen molar-refractivity contribution in [1.29, 1.82) is 0 Å². The Balaban J connectivity index is 1.46. The molecule has 0 saturated heterocycles. The van der Waals surface area contributed by atoms with Gasteiger partial charge in [0.05, 0.1) is 23.1 Å². The van der Waals surface area contributed by atoms with Gasteiger partial charge in [0.1, 0.15) is 17.3 Å². The van der Waals surface area contributed by atoms with Crippen LogP contribution in [0.1, 0.15) is 22.8 Å². The largest absolute Gasteiger partial charge is 0.495 e. The molecule has 0 radical (unpaired) electrons. The summed E-state index contributed by atoms with van der Waals surface area (Å²) in [6.07, 6.45) is 1.19. The van der Waals surface area contributed by atoms with Gasteiger partial charge in [-0.3, -0.25) is 14.4 Å². The van der Waals surface area contributed by atoms with Crippen molar-refractivity contribution in [3.63, 3.8) is 0 Å². The van der Waals surface area contributed by atoms with Gasteiger partial charge in [0.2, 0.25) is 5.91 Å². The Bertz CT molecular complexity index is 1590. The average molecular weight is 604 g/mol. The Hall–Kier alpha value is -4.60. The molecule has 0 heterocycles. The maximum absolute atomic E-state index is 14.5. The van der Waals surface area contributed by atoms with Gasteiger partial charge in [-0.25, -0.2) is 4.39 Å². The van der Waals surface area contributed by atoms with Crippen LogP contribution in [0.4, 0.5) is 15.8 Å². The number of benzene rings is 4. The highest BCUT2D eigenvalue weighted by Gasteiger charge is 2.19. The zero-order chi connectivity index (χ0) is 30.1. The zero-order valence-corrected chi connectivity index (χ0v) is 24.3. The second-order valence-corrected chi connectivity index (χ2v) is 10.8. The molecule has 10 heteroatoms. The lowest BCUT2D eigenvalue weighted by molar-refractivity contribution is -0.115. The number of nitrogens with one attached hydrogen (secondary N) is 3. The number of ether oxygens (including phenoxy) is 1. The van der Waals surface area contributed by atoms with Gasteiger partial charge in [0.15, 0.2) is 0 Å². The Morgan fingerprint density at radius 3 is 2.26 bits per heavy atom. The van der Waals surface area contributed by atoms with E-state index in [1.165, 1.54) is 43.1 Å². The fraction of sp³-hybridized carbons (Fsp3) is 0.0938. The number of methoxy groups -OCH3 is 1. The van der Waals surface area contributed by atoms with Crippen LogP contribution in [-0.4, -0.2) is 30.1 Å². The summed E-state index contributed by atoms with van der Waals surface area (Å²) in [6, 6.07) is 26.5. The summed E-state index contributed by atoms with van der Waals surface area (Å²) in [5.74, 6) is -1.50. The molecule has 0 aliphatic rings. The first-order valence-electron chi connectivity index (χ1n) is 12.8. The van der Waals surface area contributed by atoms with Crippen LogP contribution in [-0.2, 0) is 9.59 Å². The van der Waals surface area contributed by atoms with Crippen molar-refractivity contribution in [2.75, 3.05) is 17.7 Å². The van der Waals surface area contributed by atoms with E-state index in [9.17, 15) is 18.8 Å². The third kappa shape index (κ3) is 7.99. The van der Waals surface area contributed by atoms with Gasteiger partial charge in [-0.05, 0) is 73.7 Å². The molecule has 1 atom stereocenters. The molecule has 42 heavy (non-hydrogen) atoms. The van der Waals surface area contributed by atoms with Crippen LogP contribution < -0.4 is 20.7 Å². The highest BCUT2D eigenvalue weighted by Crippen LogP contribution is 2.28. The van der Waals surface area contributed by atoms with Crippen molar-refractivity contribution in [2.45, 2.75) is 17.1 Å². The number of hydrogen-bond acceptors (Lipinski definition) is 5. The predicted octanol–water partition coefficient (Wildman–Crippen LogP) is 7.02. The summed E-state index contributed by atoms with van der Waals surface area (Å²) < 4.78 is 19.8. The maximum atomic E-state index is 14.5. The third-order valence-corrected chi connectivity index (χ3v) is 7.42. The summed E-state index contributed by atoms with van der Waals surface area (Å²) in [4.78, 5) is 39.6. The van der Waals surface area contributed by atoms with Gasteiger partial charge in [-0.1, -0.05) is 48.0 Å². The van der Waals surface area contributed by atoms with Crippen LogP contribution >= 0.6 is 23.4 Å². The fourth-order valence-electron chi connectivity index (χ4n) is 3.79. The summed E-state index contributed by atoms with van der Waals surface area (Å²) in [5, 5.41) is 7.80. The fourth-order valence-corrected chi connectivity index (χ4v) is 4.88. The average Bonchev–Trinajstić information content (AvgIpc) is 3.00. The molecule has 0 fully saturated rings. The van der Waals surface area contributed by atoms with Gasteiger partial charge >= 0.3 is 0 Å². The highest BCUT2D eigenvalue weighted by molar-refractivity contribution is 8.00. The minimum absolute atomic E-state index is 0.0372. The van der Waals surface area contributed by atoms with E-state index in [4.69, 9.17) is 16.3 Å². The van der Waals surface area contributed by atoms with Crippen LogP contribution in [0.15, 0.2) is 108 Å². The number of thioether (sulfide) groups is 1. The first kappa shape index (κ1) is 30.4. The smallest absolute Gasteiger partial charge is 0.272 e. The number of halogens is 2. The number of anilines is 2. The molecule has 0 saturated carbocycles. The van der Waals surface area contributed by atoms with Crippen molar-refractivity contribution < 1.29 is 23.5 Å². The summed E-state index contributed by atoms with van der Waals surface area (Å²) >= 11 is 7.51. The van der Waals surface area contributed by atoms with E-state index in [0.29, 0.717) is 22.7 Å². The van der Waals surface area contributed by atoms with E-state index in [-0.39, 0.29) is 22.2 Å². The van der Waals surface area contributed by atoms with E-state index in [2.05, 4.69) is 16.0 Å². The SMILES string of the molecule is COc1ccccc1NC(=O)C(C)Sc1ccc(NC(=O)/C(=C/c2c(F)cccc2Cl)NC(=O)c2ccccc2)cc1. The first-order chi connectivity index (χ1) is 20.2. The number of amides is 3. The van der Waals surface area contributed by atoms with Gasteiger partial charge < -0.3 is 20.7 Å². The molecule has 4 aromatic rings. The molecule has 0 aliphatic carbocycles. The molecule has 4 aromatic carbocycles. The summed E-state index contributed by atoms with van der Waals surface area (Å²) in [6.45, 7) is 1.78. The third-order valence-electron chi connectivity index (χ3n) is 5.98. The molecule has 0 aromatic heterocycles. The second kappa shape index (κ2) is 14.3. The maximum Gasteiger partial charge on any atom is 0.272 e. The molecule has 0 aliphatic heterocycles. The molecular weight excluding hydrogens is 577 g/mol. The Morgan fingerprint density at radius 2 is 1.57 bits per heavy atom. The van der Waals surface area contributed by atoms with E-state index < -0.39 is 22.9 Å². The van der Waals surface area contributed by atoms with Crippen LogP contribution in [0.3, 0.4) is 0 Å². The van der Waals surface area contributed by atoms with E-state index >= 15 is 0 Å². The molecule has 0 bridgehead atoms. The molecule has 214 valence electrons. The lowest BCUT2D eigenvalue weighted by Gasteiger charge is -2.15. The van der Waals surface area contributed by atoms with Crippen molar-refractivity contribution >= 4 is 58.5 Å². The number of para-hydroxylation sites is 2. The van der Waals surface area contributed by atoms with Gasteiger partial charge in [-0.15, -0.1) is 11.8 Å². The lowest BCUT2D eigenvalue weighted by Crippen LogP contribution is -2.30. The number of carbonyl (C=O) groups excluding carboxylic acids is 3. The minimum atomic E-state index is -0.677. The first-order valence-corrected chi connectivity index (χ1v) is 14.0. The van der Waals surface area contributed by atoms with Gasteiger partial charge in [0.25, 0.3) is 11.8 Å². The van der Waals surface area contributed by atoms with E-state index in [1.807, 2.05) is 12.1 Å². The number of hydrogen-bond donors (Lipinski definition) is 3. The van der Waals surface area contributed by atoms with Crippen molar-refractivity contribution in [3.05, 3.63) is 125 Å². The van der Waals surface area contributed by atoms with Crippen LogP contribution in [0, 0.1) is 5.82 Å². The molecule has 7 nitrogen and oxygen atoms in total. The lowest BCUT2D eigenvalue weighted by atomic mass is 10.1. The van der Waals surface area contributed by atoms with Crippen molar-refractivity contribution in [3.8, 4) is 5.75 Å². The molecular formula is C32H27ClFN3O4S. The molecule has 3 N–H and O–H groups in total. The topological polar surface area (TPSA) is 96.5 Å². The molecule has 3 amide bonds. The van der Waals surface area contributed by atoms with Gasteiger partial charge in [-0.2, -0.15) is 0 Å². The summed E-state index contributed by atoms with van der Waals surface area (Å²) in [5.41, 5.74) is 1.09. The minimum Gasteiger partial charge on any atom is -0.495 e. The second-order valence-electron chi connectivity index (χ2n) is 8.94. The normalized spacial score (nSPS) is 11.8. The van der Waals surface area contributed by atoms with Crippen LogP contribution in [0.5, 0.6) is 5.75 Å². The molecule has 4 rings (SSSR count). The zero-order valence-electron chi connectivity index (χ0n) is 22.7. The predicted molar refractivity (Wildman–Crippen MR) is 165 cm³/mol. The highest BCUT2D eigenvalue weighted by atomic mass is 35.5. The van der Waals surface area contributed by atoms with E-state index in [0.717, 1.165) is 4.90 Å². The Kier molecular flexibility index (Phi) is 10.4. The Morgan fingerprint density at radius 1 is 0.881 bits per heavy atom. The van der Waals surface area contributed by atoms with Crippen molar-refractivity contribution in [2.24, 2.45) is 0 Å². The number of rotatable bonds is 10. The quantitative estimate of drug-likeness (QED) is 0.134. The molecule has 0 spiro atoms. The van der Waals surface area contributed by atoms with E-state index in [1.54, 1.807) is 73.7 Å². The Labute approximate surface area is 252 Å². The van der Waals surface area contributed by atoms with Crippen molar-refractivity contribution in [1.82, 2.24) is 5.32 Å². The standard InChI is InChI=1S/C32H27ClFN3O4S/c1-20(30(38)36-27-13-6-7-14-29(27)41-2)42-23-17-15-22(16-18-23)35-32(40)28(19-24-25(33)11-8-12-26(24)34)37-31(39)21-9-4-3-5-10-21/h3-20H,1-2H3,(H,35,40)(H,36,38)(H,37,39)/b28-19-. The monoisotopic (exact) mass is 603 g/mol. The molecule has 1 unspecified atom stereocenters. The van der Waals surface area contributed by atoms with Crippen LogP contribution in [0.25, 0.3) is 6.08 Å². The number of carbonyl (C=O) groups is 3.